The fourth-order valence-corrected chi connectivity index (χ4v) is 1.83. The van der Waals surface area contributed by atoms with E-state index in [1.54, 1.807) is 0 Å². The van der Waals surface area contributed by atoms with Gasteiger partial charge in [0.05, 0.1) is 14.2 Å². The molecule has 0 saturated carbocycles. The van der Waals surface area contributed by atoms with Gasteiger partial charge in [0.15, 0.2) is 0 Å². The molecule has 2 heterocycles. The Bertz CT molecular complexity index is 784. The van der Waals surface area contributed by atoms with Crippen LogP contribution < -0.4 is 33.6 Å². The molecule has 2 unspecified atom stereocenters. The van der Waals surface area contributed by atoms with Crippen molar-refractivity contribution in [1.29, 1.82) is 0 Å². The Morgan fingerprint density at radius 3 is 1.28 bits per heavy atom. The Morgan fingerprint density at radius 2 is 1.00 bits per heavy atom. The van der Waals surface area contributed by atoms with E-state index in [1.165, 1.54) is 0 Å². The van der Waals surface area contributed by atoms with Crippen molar-refractivity contribution >= 4 is 47.6 Å². The molecule has 17 heteroatoms. The molecule has 0 amide bonds. The third kappa shape index (κ3) is 5.85. The number of aromatic nitrogens is 6. The highest BCUT2D eigenvalue weighted by Crippen LogP contribution is 2.12. The van der Waals surface area contributed by atoms with Crippen molar-refractivity contribution in [2.75, 3.05) is 47.8 Å². The van der Waals surface area contributed by atoms with Gasteiger partial charge in [0.25, 0.3) is 0 Å². The average Bonchev–Trinajstić information content (AvgIpc) is 2.63. The lowest BCUT2D eigenvalue weighted by molar-refractivity contribution is -0.165. The van der Waals surface area contributed by atoms with Crippen LogP contribution >= 0.6 is 0 Å². The zero-order chi connectivity index (χ0) is 21.6. The number of nitrogens with one attached hydrogen (secondary N) is 2. The summed E-state index contributed by atoms with van der Waals surface area (Å²) < 4.78 is 14.6. The Labute approximate surface area is 162 Å². The summed E-state index contributed by atoms with van der Waals surface area (Å²) in [6.45, 7) is 0. The summed E-state index contributed by atoms with van der Waals surface area (Å²) >= 11 is 0. The number of rotatable bonds is 8. The van der Waals surface area contributed by atoms with Crippen LogP contribution in [0.25, 0.3) is 0 Å². The first kappa shape index (κ1) is 21.0. The van der Waals surface area contributed by atoms with E-state index in [9.17, 15) is 9.59 Å². The zero-order valence-electron chi connectivity index (χ0n) is 15.2. The maximum absolute atomic E-state index is 12.1. The van der Waals surface area contributed by atoms with Crippen molar-refractivity contribution in [2.24, 2.45) is 0 Å². The Balaban J connectivity index is 2.27. The second-order valence-electron chi connectivity index (χ2n) is 4.98. The summed E-state index contributed by atoms with van der Waals surface area (Å²) in [6.07, 6.45) is -3.23. The summed E-state index contributed by atoms with van der Waals surface area (Å²) in [5.41, 5.74) is 21.9. The quantitative estimate of drug-likeness (QED) is 0.186. The van der Waals surface area contributed by atoms with Crippen molar-refractivity contribution in [3.63, 3.8) is 0 Å². The summed E-state index contributed by atoms with van der Waals surface area (Å²) in [4.78, 5) is 46.3. The van der Waals surface area contributed by atoms with Crippen LogP contribution in [0.1, 0.15) is 0 Å². The number of nitrogens with zero attached hydrogens (tertiary/aromatic N) is 6. The first-order valence-corrected chi connectivity index (χ1v) is 7.60. The molecule has 156 valence electrons. The minimum atomic E-state index is -1.62. The van der Waals surface area contributed by atoms with Crippen LogP contribution in [0.2, 0.25) is 0 Å². The average molecular weight is 410 g/mol. The summed E-state index contributed by atoms with van der Waals surface area (Å²) in [6, 6.07) is 0. The summed E-state index contributed by atoms with van der Waals surface area (Å²) in [5, 5.41) is 4.92. The van der Waals surface area contributed by atoms with Crippen molar-refractivity contribution in [1.82, 2.24) is 29.9 Å². The number of anilines is 6. The Kier molecular flexibility index (Phi) is 6.58. The van der Waals surface area contributed by atoms with E-state index in [-0.39, 0.29) is 35.7 Å². The fourth-order valence-electron chi connectivity index (χ4n) is 1.83. The van der Waals surface area contributed by atoms with Crippen LogP contribution in [0.3, 0.4) is 0 Å². The van der Waals surface area contributed by atoms with Crippen LogP contribution in [-0.4, -0.2) is 68.5 Å². The number of nitrogen functional groups attached to an aromatic ring is 4. The third-order valence-electron chi connectivity index (χ3n) is 2.96. The van der Waals surface area contributed by atoms with Crippen LogP contribution in [0.4, 0.5) is 35.7 Å². The molecular formula is C12H18N12O5. The van der Waals surface area contributed by atoms with E-state index >= 15 is 0 Å². The van der Waals surface area contributed by atoms with Gasteiger partial charge in [-0.3, -0.25) is 0 Å². The highest BCUT2D eigenvalue weighted by molar-refractivity contribution is 5.80. The lowest BCUT2D eigenvalue weighted by Gasteiger charge is -2.23. The molecule has 2 rings (SSSR count). The van der Waals surface area contributed by atoms with Gasteiger partial charge >= 0.3 is 11.9 Å². The molecule has 2 aromatic rings. The molecule has 0 spiro atoms. The number of carbonyl (C=O) groups is 2. The van der Waals surface area contributed by atoms with Crippen LogP contribution in [0.5, 0.6) is 0 Å². The van der Waals surface area contributed by atoms with Gasteiger partial charge < -0.3 is 47.8 Å². The van der Waals surface area contributed by atoms with E-state index < -0.39 is 24.4 Å². The molecule has 0 aliphatic carbocycles. The van der Waals surface area contributed by atoms with Gasteiger partial charge in [0.2, 0.25) is 48.1 Å². The van der Waals surface area contributed by atoms with Gasteiger partial charge in [-0.25, -0.2) is 9.59 Å². The van der Waals surface area contributed by atoms with Crippen molar-refractivity contribution < 1.29 is 23.8 Å². The second-order valence-corrected chi connectivity index (χ2v) is 4.98. The molecule has 0 radical (unpaired) electrons. The number of carbonyl (C=O) groups excluding carboxylic acids is 2. The topological polar surface area (TPSA) is 267 Å². The molecule has 17 nitrogen and oxygen atoms in total. The lowest BCUT2D eigenvalue weighted by Crippen LogP contribution is -2.44. The minimum absolute atomic E-state index is 0.220. The van der Waals surface area contributed by atoms with E-state index in [0.717, 1.165) is 14.2 Å². The predicted octanol–water partition coefficient (Wildman–Crippen LogP) is -3.08. The van der Waals surface area contributed by atoms with Gasteiger partial charge in [-0.2, -0.15) is 29.9 Å². The molecular weight excluding hydrogens is 392 g/mol. The second kappa shape index (κ2) is 9.08. The van der Waals surface area contributed by atoms with Crippen molar-refractivity contribution in [2.45, 2.75) is 12.5 Å². The summed E-state index contributed by atoms with van der Waals surface area (Å²) in [5.74, 6) is -3.22. The molecule has 2 atom stereocenters. The van der Waals surface area contributed by atoms with Gasteiger partial charge in [-0.1, -0.05) is 0 Å². The molecule has 0 fully saturated rings. The Morgan fingerprint density at radius 1 is 0.690 bits per heavy atom. The molecule has 2 aromatic heterocycles. The van der Waals surface area contributed by atoms with Gasteiger partial charge in [-0.05, 0) is 0 Å². The van der Waals surface area contributed by atoms with E-state index in [0.29, 0.717) is 0 Å². The van der Waals surface area contributed by atoms with Gasteiger partial charge in [-0.15, -0.1) is 0 Å². The van der Waals surface area contributed by atoms with Crippen LogP contribution in [0.15, 0.2) is 0 Å². The molecule has 0 aliphatic heterocycles. The van der Waals surface area contributed by atoms with Crippen molar-refractivity contribution in [3.8, 4) is 0 Å². The van der Waals surface area contributed by atoms with E-state index in [4.69, 9.17) is 27.7 Å². The first-order chi connectivity index (χ1) is 13.7. The van der Waals surface area contributed by atoms with Gasteiger partial charge in [0.1, 0.15) is 0 Å². The molecule has 0 saturated heterocycles. The smallest absolute Gasteiger partial charge is 0.356 e. The molecule has 0 aliphatic rings. The maximum Gasteiger partial charge on any atom is 0.356 e. The normalized spacial score (nSPS) is 12.5. The SMILES string of the molecule is COC(=O)C(Nc1nc(N)nc(N)n1)OC(Nc1nc(N)nc(N)n1)C(=O)OC. The lowest BCUT2D eigenvalue weighted by atomic mass is 10.5. The molecule has 10 N–H and O–H groups in total. The standard InChI is InChI=1S/C12H18N12O5/c1-27-5(25)3(17-11-21-7(13)19-8(14)22-11)29-4(6(26)28-2)18-12-23-9(15)20-10(16)24-12/h3-4H,1-2H3,(H5,13,14,17,19,21,22)(H5,15,16,18,20,23,24). The predicted molar refractivity (Wildman–Crippen MR) is 97.2 cm³/mol. The largest absolute Gasteiger partial charge is 0.466 e. The number of hydrogen-bond donors (Lipinski definition) is 6. The monoisotopic (exact) mass is 410 g/mol. The highest BCUT2D eigenvalue weighted by atomic mass is 16.6. The van der Waals surface area contributed by atoms with Crippen LogP contribution in [-0.2, 0) is 23.8 Å². The number of ether oxygens (including phenoxy) is 3. The van der Waals surface area contributed by atoms with Crippen molar-refractivity contribution in [3.05, 3.63) is 0 Å². The number of methoxy groups -OCH3 is 2. The molecule has 0 bridgehead atoms. The van der Waals surface area contributed by atoms with E-state index in [2.05, 4.69) is 50.0 Å². The molecule has 29 heavy (non-hydrogen) atoms. The Hall–Kier alpha value is -4.28. The highest BCUT2D eigenvalue weighted by Gasteiger charge is 2.31. The fraction of sp³-hybridized carbons (Fsp3) is 0.333. The maximum atomic E-state index is 12.1. The third-order valence-corrected chi connectivity index (χ3v) is 2.96. The number of hydrogen-bond acceptors (Lipinski definition) is 17. The zero-order valence-corrected chi connectivity index (χ0v) is 15.2. The first-order valence-electron chi connectivity index (χ1n) is 7.60. The van der Waals surface area contributed by atoms with Crippen LogP contribution in [0, 0.1) is 0 Å². The number of esters is 2. The molecule has 0 aromatic carbocycles. The number of nitrogens with two attached hydrogens (primary N) is 4. The summed E-state index contributed by atoms with van der Waals surface area (Å²) in [7, 11) is 2.18. The minimum Gasteiger partial charge on any atom is -0.466 e. The van der Waals surface area contributed by atoms with E-state index in [1.807, 2.05) is 0 Å². The van der Waals surface area contributed by atoms with Gasteiger partial charge in [0, 0.05) is 0 Å².